The number of ketones is 2. The number of fused-ring (bicyclic) bond motifs is 3. The van der Waals surface area contributed by atoms with Crippen molar-refractivity contribution >= 4 is 103 Å². The third-order valence-electron chi connectivity index (χ3n) is 21.0. The molecule has 9 aromatic carbocycles. The quantitative estimate of drug-likeness (QED) is 0.0225. The number of nitrogens with two attached hydrogens (primary N) is 1. The normalized spacial score (nSPS) is 11.2. The fourth-order valence-corrected chi connectivity index (χ4v) is 17.6. The van der Waals surface area contributed by atoms with Crippen LogP contribution in [0.15, 0.2) is 347 Å². The first-order valence-corrected chi connectivity index (χ1v) is 48.2. The van der Waals surface area contributed by atoms with Crippen molar-refractivity contribution in [3.05, 3.63) is 409 Å². The summed E-state index contributed by atoms with van der Waals surface area (Å²) in [5.74, 6) is 0.481. The summed E-state index contributed by atoms with van der Waals surface area (Å²) >= 11 is 0. The summed E-state index contributed by atoms with van der Waals surface area (Å²) in [6.45, 7) is 1.44. The number of carbonyl (C=O) groups is 3. The Morgan fingerprint density at radius 1 is 0.308 bits per heavy atom. The van der Waals surface area contributed by atoms with E-state index in [-0.39, 0.29) is 47.2 Å². The van der Waals surface area contributed by atoms with Crippen LogP contribution in [-0.4, -0.2) is 127 Å². The number of pyridine rings is 6. The maximum Gasteiger partial charge on any atom is 0.337 e. The molecule has 0 radical (unpaired) electrons. The Labute approximate surface area is 768 Å². The van der Waals surface area contributed by atoms with Crippen LogP contribution in [0.3, 0.4) is 0 Å². The van der Waals surface area contributed by atoms with E-state index in [1.54, 1.807) is 128 Å². The molecule has 0 amide bonds. The van der Waals surface area contributed by atoms with E-state index in [1.165, 1.54) is 25.0 Å². The Hall–Kier alpha value is -16.2. The van der Waals surface area contributed by atoms with Crippen LogP contribution in [0.2, 0.25) is 0 Å². The van der Waals surface area contributed by atoms with Gasteiger partial charge in [0.1, 0.15) is 17.1 Å². The van der Waals surface area contributed by atoms with E-state index in [4.69, 9.17) is 5.73 Å². The standard InChI is InChI=1S/2C35H29N5O3S.C26H19N5O2.C8H11NO2S/c2*1-44(42,43)23-25-10-7-9-24(17-25)18-32(41)27-19-28(21-36-20-27)34-31-15-8-14-30(26-11-3-2-4-12-26)33(31)35(40-39-34)38-22-29-13-5-6-16-37-29;32-26(33)19-13-18(14-27-15-19)24-22-11-6-10-21(17-7-2-1-3-8-17)23(22)25(31-30-24)29-16-20-9-4-5-12-28-20;1-12(10,11)6-7-3-2-4-8(9)5-7/h2*2-17,19-21H,18,22-23H2,1H3,(H,38,40);1-15H,16H2,(H,29,31)(H,32,33);2-5H,6,9H2,1H3. The van der Waals surface area contributed by atoms with Crippen LogP contribution in [-0.2, 0) is 79.2 Å². The predicted octanol–water partition coefficient (Wildman–Crippen LogP) is 18.5. The third kappa shape index (κ3) is 24.6. The van der Waals surface area contributed by atoms with E-state index >= 15 is 0 Å². The van der Waals surface area contributed by atoms with Gasteiger partial charge in [0.05, 0.1) is 59.5 Å². The zero-order valence-corrected chi connectivity index (χ0v) is 74.8. The molecule has 0 bridgehead atoms. The summed E-state index contributed by atoms with van der Waals surface area (Å²) in [5.41, 5.74) is 23.0. The first-order chi connectivity index (χ1) is 64.4. The van der Waals surface area contributed by atoms with E-state index < -0.39 is 35.5 Å². The van der Waals surface area contributed by atoms with Gasteiger partial charge in [-0.15, -0.1) is 30.6 Å². The molecule has 0 saturated heterocycles. The van der Waals surface area contributed by atoms with Gasteiger partial charge in [0.25, 0.3) is 0 Å². The van der Waals surface area contributed by atoms with Gasteiger partial charge in [-0.3, -0.25) is 39.5 Å². The van der Waals surface area contributed by atoms with Gasteiger partial charge in [0, 0.05) is 153 Å². The van der Waals surface area contributed by atoms with Gasteiger partial charge in [-0.25, -0.2) is 30.0 Å². The molecule has 0 aliphatic heterocycles. The summed E-state index contributed by atoms with van der Waals surface area (Å²) in [7, 11) is -9.32. The fraction of sp³-hybridized carbons (Fsp3) is 0.106. The van der Waals surface area contributed by atoms with Crippen molar-refractivity contribution in [2.45, 2.75) is 49.7 Å². The smallest absolute Gasteiger partial charge is 0.337 e. The topological polar surface area (TPSA) is 391 Å². The van der Waals surface area contributed by atoms with Crippen molar-refractivity contribution in [1.82, 2.24) is 60.5 Å². The molecule has 0 spiro atoms. The lowest BCUT2D eigenvalue weighted by atomic mass is 9.96. The van der Waals surface area contributed by atoms with Crippen LogP contribution in [0.4, 0.5) is 23.1 Å². The zero-order chi connectivity index (χ0) is 92.9. The Kier molecular flexibility index (Phi) is 29.1. The number of benzene rings is 9. The van der Waals surface area contributed by atoms with Crippen molar-refractivity contribution in [2.75, 3.05) is 40.5 Å². The van der Waals surface area contributed by atoms with Crippen molar-refractivity contribution in [3.63, 3.8) is 0 Å². The number of anilines is 4. The van der Waals surface area contributed by atoms with Crippen molar-refractivity contribution in [3.8, 4) is 67.2 Å². The monoisotopic (exact) mass is 1820 g/mol. The van der Waals surface area contributed by atoms with E-state index in [2.05, 4.69) is 113 Å². The number of Topliss-reactive ketones (excluding diaryl/α,β-unsaturated/α-hetero) is 2. The van der Waals surface area contributed by atoms with E-state index in [1.807, 2.05) is 176 Å². The number of carboxylic acids is 1. The van der Waals surface area contributed by atoms with Crippen molar-refractivity contribution < 1.29 is 44.7 Å². The lowest BCUT2D eigenvalue weighted by Crippen LogP contribution is -2.07. The summed E-state index contributed by atoms with van der Waals surface area (Å²) < 4.78 is 68.8. The van der Waals surface area contributed by atoms with E-state index in [9.17, 15) is 44.7 Å². The molecule has 0 unspecified atom stereocenters. The molecule has 133 heavy (non-hydrogen) atoms. The Balaban J connectivity index is 0.000000144. The minimum Gasteiger partial charge on any atom is -0.478 e. The molecule has 6 N–H and O–H groups in total. The average molecular weight is 1820 g/mol. The Morgan fingerprint density at radius 2 is 0.609 bits per heavy atom. The number of nitrogen functional groups attached to an aromatic ring is 1. The number of aromatic carboxylic acids is 1. The van der Waals surface area contributed by atoms with Crippen LogP contribution >= 0.6 is 0 Å². The lowest BCUT2D eigenvalue weighted by molar-refractivity contribution is 0.0695. The van der Waals surface area contributed by atoms with Gasteiger partial charge in [-0.1, -0.05) is 224 Å². The van der Waals surface area contributed by atoms with E-state index in [0.717, 1.165) is 99.5 Å². The second kappa shape index (κ2) is 42.3. The number of nitrogens with zero attached hydrogens (tertiary/aromatic N) is 12. The number of carboxylic acid groups (broad SMARTS) is 1. The number of aromatic nitrogens is 12. The van der Waals surface area contributed by atoms with Crippen LogP contribution in [0.25, 0.3) is 99.5 Å². The first kappa shape index (κ1) is 91.5. The molecule has 0 atom stereocenters. The van der Waals surface area contributed by atoms with Gasteiger partial charge in [0.2, 0.25) is 0 Å². The molecule has 0 fully saturated rings. The number of carbonyl (C=O) groups excluding carboxylic acids is 2. The molecule has 0 aliphatic carbocycles. The number of hydrogen-bond donors (Lipinski definition) is 5. The summed E-state index contributed by atoms with van der Waals surface area (Å²) in [5, 5.41) is 52.3. The third-order valence-corrected chi connectivity index (χ3v) is 23.6. The molecule has 29 heteroatoms. The second-order valence-corrected chi connectivity index (χ2v) is 37.9. The lowest BCUT2D eigenvalue weighted by Gasteiger charge is -2.15. The van der Waals surface area contributed by atoms with Gasteiger partial charge in [-0.2, -0.15) is 0 Å². The molecule has 0 saturated carbocycles. The molecule has 18 aromatic rings. The molecular weight excluding hydrogens is 1730 g/mol. The molecular formula is C104H88N16O10S3. The highest BCUT2D eigenvalue weighted by Crippen LogP contribution is 2.41. The minimum atomic E-state index is -3.19. The largest absolute Gasteiger partial charge is 0.478 e. The van der Waals surface area contributed by atoms with Gasteiger partial charge >= 0.3 is 5.97 Å². The number of rotatable bonds is 28. The second-order valence-electron chi connectivity index (χ2n) is 31.5. The predicted molar refractivity (Wildman–Crippen MR) is 522 cm³/mol. The maximum atomic E-state index is 13.4. The van der Waals surface area contributed by atoms with Crippen molar-refractivity contribution in [2.24, 2.45) is 0 Å². The number of sulfone groups is 3. The molecule has 9 heterocycles. The first-order valence-electron chi connectivity index (χ1n) is 42.0. The zero-order valence-electron chi connectivity index (χ0n) is 72.4. The maximum absolute atomic E-state index is 13.4. The molecule has 662 valence electrons. The SMILES string of the molecule is CS(=O)(=O)Cc1cccc(CC(=O)c2cncc(-c3nnc(NCc4ccccn4)c4c(-c5ccccc5)cccc34)c2)c1.CS(=O)(=O)Cc1cccc(CC(=O)c2cncc(-c3nnc(NCc4ccccn4)c4c(-c5ccccc5)cccc34)c2)c1.CS(=O)(=O)Cc1cccc(N)c1.O=C(O)c1cncc(-c2nnc(NCc3ccccn3)c3c(-c4ccccc4)cccc23)c1. The molecule has 18 rings (SSSR count). The Morgan fingerprint density at radius 3 is 0.925 bits per heavy atom. The van der Waals surface area contributed by atoms with Crippen molar-refractivity contribution in [1.29, 1.82) is 0 Å². The van der Waals surface area contributed by atoms with Gasteiger partial charge in [0.15, 0.2) is 58.5 Å². The number of nitrogens with one attached hydrogen (secondary N) is 3. The summed E-state index contributed by atoms with van der Waals surface area (Å²) in [6, 6.07) is 91.9. The highest BCUT2D eigenvalue weighted by Gasteiger charge is 2.24. The fourth-order valence-electron chi connectivity index (χ4n) is 15.2. The van der Waals surface area contributed by atoms with Crippen LogP contribution < -0.4 is 21.7 Å². The summed E-state index contributed by atoms with van der Waals surface area (Å²) in [6.07, 6.45) is 18.5. The molecule has 0 aliphatic rings. The van der Waals surface area contributed by atoms with E-state index in [0.29, 0.717) is 98.8 Å². The Bertz CT molecular complexity index is 7320. The number of hydrogen-bond acceptors (Lipinski definition) is 25. The van der Waals surface area contributed by atoms with Crippen LogP contribution in [0.1, 0.15) is 76.0 Å². The van der Waals surface area contributed by atoms with Crippen LogP contribution in [0, 0.1) is 0 Å². The average Bonchev–Trinajstić information content (AvgIpc) is 0.768. The van der Waals surface area contributed by atoms with Gasteiger partial charge < -0.3 is 26.8 Å². The van der Waals surface area contributed by atoms with Gasteiger partial charge in [-0.05, 0) is 128 Å². The van der Waals surface area contributed by atoms with Crippen LogP contribution in [0.5, 0.6) is 0 Å². The highest BCUT2D eigenvalue weighted by molar-refractivity contribution is 7.90. The molecule has 9 aromatic heterocycles. The molecule has 26 nitrogen and oxygen atoms in total. The summed E-state index contributed by atoms with van der Waals surface area (Å²) in [4.78, 5) is 64.3. The highest BCUT2D eigenvalue weighted by atomic mass is 32.2. The minimum absolute atomic E-state index is 0.0536.